The van der Waals surface area contributed by atoms with E-state index in [-0.39, 0.29) is 0 Å². The Hall–Kier alpha value is -7.36. The predicted octanol–water partition coefficient (Wildman–Crippen LogP) is 20.4. The summed E-state index contributed by atoms with van der Waals surface area (Å²) in [5.74, 6) is 0. The zero-order chi connectivity index (χ0) is 44.9. The van der Waals surface area contributed by atoms with Crippen molar-refractivity contribution in [2.24, 2.45) is 0 Å². The second-order valence-electron chi connectivity index (χ2n) is 17.1. The van der Waals surface area contributed by atoms with E-state index in [0.29, 0.717) is 0 Å². The Labute approximate surface area is 393 Å². The number of fused-ring (bicyclic) bond motifs is 18. The second-order valence-corrected chi connectivity index (χ2v) is 19.3. The minimum Gasteiger partial charge on any atom is -0.135 e. The summed E-state index contributed by atoms with van der Waals surface area (Å²) in [5, 5.41) is 23.9. The summed E-state index contributed by atoms with van der Waals surface area (Å²) in [6, 6.07) is 62.9. The molecule has 0 fully saturated rings. The Kier molecular flexibility index (Phi) is 10.8. The molecule has 2 heteroatoms. The van der Waals surface area contributed by atoms with E-state index < -0.39 is 0 Å². The van der Waals surface area contributed by atoms with Gasteiger partial charge >= 0.3 is 0 Å². The van der Waals surface area contributed by atoms with Crippen molar-refractivity contribution in [3.63, 3.8) is 0 Å². The molecule has 66 heavy (non-hydrogen) atoms. The average molecular weight is 881 g/mol. The van der Waals surface area contributed by atoms with Crippen molar-refractivity contribution in [1.29, 1.82) is 0 Å². The smallest absolute Gasteiger partial charge is 0.0362 e. The van der Waals surface area contributed by atoms with E-state index in [4.69, 9.17) is 0 Å². The molecule has 0 aliphatic carbocycles. The minimum absolute atomic E-state index is 1.06. The van der Waals surface area contributed by atoms with E-state index in [1.54, 1.807) is 0 Å². The summed E-state index contributed by atoms with van der Waals surface area (Å²) in [4.78, 5) is 0. The Balaban J connectivity index is 0.000000128. The lowest BCUT2D eigenvalue weighted by Crippen LogP contribution is -1.85. The summed E-state index contributed by atoms with van der Waals surface area (Å²) < 4.78 is 5.42. The molecule has 13 rings (SSSR count). The van der Waals surface area contributed by atoms with Gasteiger partial charge < -0.3 is 0 Å². The van der Waals surface area contributed by atoms with E-state index >= 15 is 0 Å². The van der Waals surface area contributed by atoms with Crippen molar-refractivity contribution in [2.45, 2.75) is 27.2 Å². The molecule has 0 radical (unpaired) electrons. The molecular weight excluding hydrogens is 833 g/mol. The van der Waals surface area contributed by atoms with Crippen LogP contribution in [0.1, 0.15) is 38.3 Å². The molecule has 316 valence electrons. The van der Waals surface area contributed by atoms with Crippen molar-refractivity contribution >= 4 is 151 Å². The molecule has 0 saturated carbocycles. The zero-order valence-electron chi connectivity index (χ0n) is 37.5. The molecule has 0 unspecified atom stereocenters. The standard InChI is InChI=1S/C30H18.C27H18S2.C7H12/c1-3-7-21-19(5-1)9-11-25-23(21)13-15-29-27(25)17-18-28-26-12-10-20-6-2-4-8-22(20)24(26)14-16-30(28)29;1-3-7-17-12-24-20(10-16(17)4-2)22-14-27-23(15-26(22)28-24)21-11-18-8-5-6-9-19(18)13-25(21)29-27;1-4-6-7(3)5-2/h1-18H;3-15H,2H2,1H3;4,6H,3,5H2,1-2H3/b;7-3-;6-4-. The molecule has 2 aromatic heterocycles. The van der Waals surface area contributed by atoms with Gasteiger partial charge in [0.1, 0.15) is 0 Å². The van der Waals surface area contributed by atoms with Crippen LogP contribution < -0.4 is 0 Å². The molecule has 0 aliphatic heterocycles. The first-order valence-corrected chi connectivity index (χ1v) is 24.5. The predicted molar refractivity (Wildman–Crippen MR) is 300 cm³/mol. The van der Waals surface area contributed by atoms with Crippen LogP contribution in [0, 0.1) is 0 Å². The van der Waals surface area contributed by atoms with Crippen LogP contribution in [0.25, 0.3) is 128 Å². The maximum absolute atomic E-state index is 4.02. The summed E-state index contributed by atoms with van der Waals surface area (Å²) in [6.45, 7) is 14.0. The molecule has 0 spiro atoms. The van der Waals surface area contributed by atoms with Gasteiger partial charge in [-0.15, -0.1) is 22.7 Å². The van der Waals surface area contributed by atoms with Crippen molar-refractivity contribution in [3.05, 3.63) is 218 Å². The first-order valence-electron chi connectivity index (χ1n) is 22.8. The van der Waals surface area contributed by atoms with Gasteiger partial charge in [0.2, 0.25) is 0 Å². The summed E-state index contributed by atoms with van der Waals surface area (Å²) in [7, 11) is 0. The van der Waals surface area contributed by atoms with Crippen molar-refractivity contribution in [3.8, 4) is 0 Å². The highest BCUT2D eigenvalue weighted by Gasteiger charge is 2.14. The molecular formula is C64H48S2. The molecule has 11 aromatic carbocycles. The van der Waals surface area contributed by atoms with Gasteiger partial charge in [0.15, 0.2) is 0 Å². The maximum atomic E-state index is 4.02. The first-order chi connectivity index (χ1) is 32.4. The number of benzene rings is 11. The van der Waals surface area contributed by atoms with Crippen LogP contribution in [0.4, 0.5) is 0 Å². The lowest BCUT2D eigenvalue weighted by atomic mass is 9.91. The van der Waals surface area contributed by atoms with E-state index in [1.807, 2.05) is 47.8 Å². The molecule has 2 heterocycles. The fourth-order valence-corrected chi connectivity index (χ4v) is 12.2. The average Bonchev–Trinajstić information content (AvgIpc) is 3.89. The molecule has 0 aliphatic rings. The van der Waals surface area contributed by atoms with Gasteiger partial charge in [-0.3, -0.25) is 0 Å². The highest BCUT2D eigenvalue weighted by molar-refractivity contribution is 7.27. The van der Waals surface area contributed by atoms with E-state index in [9.17, 15) is 0 Å². The van der Waals surface area contributed by atoms with Crippen LogP contribution in [0.2, 0.25) is 0 Å². The normalized spacial score (nSPS) is 11.9. The number of allylic oxidation sites excluding steroid dienone is 4. The maximum Gasteiger partial charge on any atom is 0.0362 e. The Morgan fingerprint density at radius 1 is 0.394 bits per heavy atom. The largest absolute Gasteiger partial charge is 0.135 e. The van der Waals surface area contributed by atoms with Crippen molar-refractivity contribution in [1.82, 2.24) is 0 Å². The molecule has 0 atom stereocenters. The quantitative estimate of drug-likeness (QED) is 0.122. The van der Waals surface area contributed by atoms with Gasteiger partial charge in [-0.05, 0) is 143 Å². The minimum atomic E-state index is 1.06. The molecule has 0 N–H and O–H groups in total. The molecule has 0 bridgehead atoms. The van der Waals surface area contributed by atoms with Gasteiger partial charge in [-0.2, -0.15) is 0 Å². The van der Waals surface area contributed by atoms with E-state index in [0.717, 1.165) is 6.42 Å². The molecule has 0 nitrogen and oxygen atoms in total. The van der Waals surface area contributed by atoms with Gasteiger partial charge in [-0.1, -0.05) is 189 Å². The van der Waals surface area contributed by atoms with Crippen LogP contribution in [0.15, 0.2) is 207 Å². The van der Waals surface area contributed by atoms with Crippen LogP contribution in [-0.4, -0.2) is 0 Å². The third kappa shape index (κ3) is 7.15. The molecule has 13 aromatic rings. The van der Waals surface area contributed by atoms with E-state index in [2.05, 4.69) is 209 Å². The van der Waals surface area contributed by atoms with Crippen LogP contribution >= 0.6 is 22.7 Å². The third-order valence-electron chi connectivity index (χ3n) is 13.2. The highest BCUT2D eigenvalue weighted by atomic mass is 32.1. The monoisotopic (exact) mass is 880 g/mol. The summed E-state index contributed by atoms with van der Waals surface area (Å²) >= 11 is 3.79. The van der Waals surface area contributed by atoms with Gasteiger partial charge in [-0.25, -0.2) is 0 Å². The fourth-order valence-electron chi connectivity index (χ4n) is 9.88. The van der Waals surface area contributed by atoms with Crippen molar-refractivity contribution < 1.29 is 0 Å². The van der Waals surface area contributed by atoms with Gasteiger partial charge in [0, 0.05) is 40.3 Å². The van der Waals surface area contributed by atoms with Gasteiger partial charge in [0.25, 0.3) is 0 Å². The molecule has 0 saturated heterocycles. The first kappa shape index (κ1) is 41.4. The number of rotatable bonds is 4. The summed E-state index contributed by atoms with van der Waals surface area (Å²) in [5.41, 5.74) is 3.63. The SMILES string of the molecule is C=C(/C=C\C)CC.C=Cc1cc2c(cc1/C=C\C)sc1cc3c(cc12)sc1cc2ccccc2cc13.c1ccc2c(c1)ccc1c2ccc2c1ccc1c3ccc4ccccc4c3ccc12. The second kappa shape index (κ2) is 17.2. The Bertz CT molecular complexity index is 4020. The topological polar surface area (TPSA) is 0 Å². The zero-order valence-corrected chi connectivity index (χ0v) is 39.1. The Morgan fingerprint density at radius 2 is 0.788 bits per heavy atom. The van der Waals surface area contributed by atoms with Gasteiger partial charge in [0.05, 0.1) is 0 Å². The van der Waals surface area contributed by atoms with Crippen molar-refractivity contribution in [2.75, 3.05) is 0 Å². The lowest BCUT2D eigenvalue weighted by Gasteiger charge is -2.12. The van der Waals surface area contributed by atoms with Crippen LogP contribution in [0.5, 0.6) is 0 Å². The number of thiophene rings is 2. The highest BCUT2D eigenvalue weighted by Crippen LogP contribution is 2.44. The number of hydrogen-bond acceptors (Lipinski definition) is 2. The van der Waals surface area contributed by atoms with Crippen LogP contribution in [0.3, 0.4) is 0 Å². The lowest BCUT2D eigenvalue weighted by molar-refractivity contribution is 1.16. The number of hydrogen-bond donors (Lipinski definition) is 0. The molecule has 0 amide bonds. The third-order valence-corrected chi connectivity index (χ3v) is 15.4. The van der Waals surface area contributed by atoms with E-state index in [1.165, 1.54) is 132 Å². The fraction of sp³-hybridized carbons (Fsp3) is 0.0625. The Morgan fingerprint density at radius 3 is 1.24 bits per heavy atom. The van der Waals surface area contributed by atoms with Crippen LogP contribution in [-0.2, 0) is 0 Å². The summed E-state index contributed by atoms with van der Waals surface area (Å²) in [6.07, 6.45) is 11.3.